The molecule has 0 unspecified atom stereocenters. The van der Waals surface area contributed by atoms with Gasteiger partial charge in [0.2, 0.25) is 0 Å². The molecule has 1 amide bonds. The van der Waals surface area contributed by atoms with Crippen molar-refractivity contribution in [3.63, 3.8) is 0 Å². The van der Waals surface area contributed by atoms with Crippen LogP contribution in [0.1, 0.15) is 21.5 Å². The molecule has 0 spiro atoms. The summed E-state index contributed by atoms with van der Waals surface area (Å²) in [6, 6.07) is 16.5. The summed E-state index contributed by atoms with van der Waals surface area (Å²) in [4.78, 5) is 28.2. The molecule has 0 radical (unpaired) electrons. The van der Waals surface area contributed by atoms with E-state index in [0.29, 0.717) is 16.3 Å². The predicted octanol–water partition coefficient (Wildman–Crippen LogP) is 3.67. The van der Waals surface area contributed by atoms with E-state index >= 15 is 0 Å². The van der Waals surface area contributed by atoms with Crippen molar-refractivity contribution >= 4 is 34.4 Å². The van der Waals surface area contributed by atoms with E-state index in [1.54, 1.807) is 18.2 Å². The number of aryl methyl sites for hydroxylation is 1. The van der Waals surface area contributed by atoms with Crippen molar-refractivity contribution in [3.05, 3.63) is 76.4 Å². The van der Waals surface area contributed by atoms with Crippen LogP contribution in [-0.4, -0.2) is 23.4 Å². The minimum absolute atomic E-state index is 0.00415. The highest BCUT2D eigenvalue weighted by molar-refractivity contribution is 6.30. The van der Waals surface area contributed by atoms with E-state index in [1.165, 1.54) is 0 Å². The standard InChI is InChI=1S/C20H17ClN2O3/c1-13-5-4-7-15(9-13)20(25)22-11-18(24)26-12-16-10-14-6-2-3-8-17(14)23-19(16)21/h2-10H,11-12H2,1H3,(H,22,25). The maximum Gasteiger partial charge on any atom is 0.325 e. The predicted molar refractivity (Wildman–Crippen MR) is 100 cm³/mol. The summed E-state index contributed by atoms with van der Waals surface area (Å²) in [7, 11) is 0. The molecule has 132 valence electrons. The van der Waals surface area contributed by atoms with Gasteiger partial charge >= 0.3 is 5.97 Å². The fourth-order valence-corrected chi connectivity index (χ4v) is 2.69. The van der Waals surface area contributed by atoms with Crippen LogP contribution in [0.25, 0.3) is 10.9 Å². The number of amides is 1. The van der Waals surface area contributed by atoms with Crippen LogP contribution in [-0.2, 0) is 16.1 Å². The SMILES string of the molecule is Cc1cccc(C(=O)NCC(=O)OCc2cc3ccccc3nc2Cl)c1. The fourth-order valence-electron chi connectivity index (χ4n) is 2.49. The highest BCUT2D eigenvalue weighted by Crippen LogP contribution is 2.21. The molecule has 0 aliphatic carbocycles. The molecule has 0 saturated heterocycles. The fraction of sp³-hybridized carbons (Fsp3) is 0.150. The Hall–Kier alpha value is -2.92. The van der Waals surface area contributed by atoms with Crippen molar-refractivity contribution in [1.82, 2.24) is 10.3 Å². The number of nitrogens with zero attached hydrogens (tertiary/aromatic N) is 1. The number of benzene rings is 2. The van der Waals surface area contributed by atoms with E-state index in [4.69, 9.17) is 16.3 Å². The summed E-state index contributed by atoms with van der Waals surface area (Å²) in [5.74, 6) is -0.869. The molecule has 0 bridgehead atoms. The number of carbonyl (C=O) groups is 2. The number of nitrogens with one attached hydrogen (secondary N) is 1. The molecule has 0 fully saturated rings. The molecule has 2 aromatic carbocycles. The van der Waals surface area contributed by atoms with E-state index in [0.717, 1.165) is 16.5 Å². The number of para-hydroxylation sites is 1. The average molecular weight is 369 g/mol. The number of halogens is 1. The highest BCUT2D eigenvalue weighted by Gasteiger charge is 2.11. The number of hydrogen-bond donors (Lipinski definition) is 1. The topological polar surface area (TPSA) is 68.3 Å². The van der Waals surface area contributed by atoms with Gasteiger partial charge in [-0.3, -0.25) is 9.59 Å². The Balaban J connectivity index is 1.56. The summed E-state index contributed by atoms with van der Waals surface area (Å²) in [6.07, 6.45) is 0. The second kappa shape index (κ2) is 7.97. The van der Waals surface area contributed by atoms with Gasteiger partial charge in [-0.1, -0.05) is 47.5 Å². The summed E-state index contributed by atoms with van der Waals surface area (Å²) >= 11 is 6.14. The number of rotatable bonds is 5. The Morgan fingerprint density at radius 1 is 1.12 bits per heavy atom. The molecule has 1 aromatic heterocycles. The Morgan fingerprint density at radius 2 is 1.92 bits per heavy atom. The molecule has 0 aliphatic heterocycles. The lowest BCUT2D eigenvalue weighted by Gasteiger charge is -2.09. The van der Waals surface area contributed by atoms with Crippen molar-refractivity contribution in [1.29, 1.82) is 0 Å². The molecule has 1 heterocycles. The van der Waals surface area contributed by atoms with Crippen LogP contribution < -0.4 is 5.32 Å². The van der Waals surface area contributed by atoms with Gasteiger partial charge in [-0.05, 0) is 31.2 Å². The van der Waals surface area contributed by atoms with Crippen LogP contribution >= 0.6 is 11.6 Å². The third kappa shape index (κ3) is 4.37. The first-order valence-corrected chi connectivity index (χ1v) is 8.45. The molecule has 1 N–H and O–H groups in total. The van der Waals surface area contributed by atoms with E-state index in [9.17, 15) is 9.59 Å². The largest absolute Gasteiger partial charge is 0.459 e. The van der Waals surface area contributed by atoms with Crippen molar-refractivity contribution < 1.29 is 14.3 Å². The highest BCUT2D eigenvalue weighted by atomic mass is 35.5. The third-order valence-corrected chi connectivity index (χ3v) is 4.14. The van der Waals surface area contributed by atoms with Crippen LogP contribution in [0.3, 0.4) is 0 Å². The second-order valence-electron chi connectivity index (χ2n) is 5.84. The van der Waals surface area contributed by atoms with Crippen molar-refractivity contribution in [2.75, 3.05) is 6.54 Å². The Kier molecular flexibility index (Phi) is 5.49. The van der Waals surface area contributed by atoms with Crippen molar-refractivity contribution in [2.24, 2.45) is 0 Å². The van der Waals surface area contributed by atoms with Crippen LogP contribution in [0.2, 0.25) is 5.15 Å². The zero-order chi connectivity index (χ0) is 18.5. The molecule has 0 aliphatic rings. The van der Waals surface area contributed by atoms with Crippen LogP contribution in [0.4, 0.5) is 0 Å². The molecule has 0 saturated carbocycles. The van der Waals surface area contributed by atoms with Gasteiger partial charge in [-0.25, -0.2) is 4.98 Å². The number of carbonyl (C=O) groups excluding carboxylic acids is 2. The van der Waals surface area contributed by atoms with Gasteiger partial charge in [0.25, 0.3) is 5.91 Å². The number of fused-ring (bicyclic) bond motifs is 1. The van der Waals surface area contributed by atoms with Gasteiger partial charge in [0.05, 0.1) is 5.52 Å². The molecular weight excluding hydrogens is 352 g/mol. The van der Waals surface area contributed by atoms with Gasteiger partial charge in [-0.15, -0.1) is 0 Å². The number of esters is 1. The van der Waals surface area contributed by atoms with Crippen molar-refractivity contribution in [3.8, 4) is 0 Å². The van der Waals surface area contributed by atoms with Crippen LogP contribution in [0.5, 0.6) is 0 Å². The Morgan fingerprint density at radius 3 is 2.73 bits per heavy atom. The van der Waals surface area contributed by atoms with Gasteiger partial charge in [0.15, 0.2) is 0 Å². The number of ether oxygens (including phenoxy) is 1. The number of hydrogen-bond acceptors (Lipinski definition) is 4. The second-order valence-corrected chi connectivity index (χ2v) is 6.20. The van der Waals surface area contributed by atoms with E-state index in [-0.39, 0.29) is 19.1 Å². The molecule has 0 atom stereocenters. The lowest BCUT2D eigenvalue weighted by atomic mass is 10.1. The van der Waals surface area contributed by atoms with E-state index < -0.39 is 5.97 Å². The summed E-state index contributed by atoms with van der Waals surface area (Å²) in [5, 5.41) is 3.75. The van der Waals surface area contributed by atoms with Gasteiger partial charge in [-0.2, -0.15) is 0 Å². The quantitative estimate of drug-likeness (QED) is 0.551. The molecule has 5 nitrogen and oxygen atoms in total. The minimum atomic E-state index is -0.546. The van der Waals surface area contributed by atoms with Gasteiger partial charge < -0.3 is 10.1 Å². The van der Waals surface area contributed by atoms with Crippen LogP contribution in [0.15, 0.2) is 54.6 Å². The third-order valence-electron chi connectivity index (χ3n) is 3.81. The number of pyridine rings is 1. The number of aromatic nitrogens is 1. The maximum absolute atomic E-state index is 12.0. The van der Waals surface area contributed by atoms with Crippen LogP contribution in [0, 0.1) is 6.92 Å². The summed E-state index contributed by atoms with van der Waals surface area (Å²) < 4.78 is 5.19. The van der Waals surface area contributed by atoms with E-state index in [2.05, 4.69) is 10.3 Å². The smallest absolute Gasteiger partial charge is 0.325 e. The van der Waals surface area contributed by atoms with E-state index in [1.807, 2.05) is 43.3 Å². The molecule has 3 aromatic rings. The van der Waals surface area contributed by atoms with Gasteiger partial charge in [0, 0.05) is 16.5 Å². The first kappa shape index (κ1) is 17.9. The minimum Gasteiger partial charge on any atom is -0.459 e. The first-order valence-electron chi connectivity index (χ1n) is 8.07. The average Bonchev–Trinajstić information content (AvgIpc) is 2.64. The Labute approximate surface area is 156 Å². The summed E-state index contributed by atoms with van der Waals surface area (Å²) in [6.45, 7) is 1.67. The monoisotopic (exact) mass is 368 g/mol. The van der Waals surface area contributed by atoms with Crippen molar-refractivity contribution in [2.45, 2.75) is 13.5 Å². The normalized spacial score (nSPS) is 10.5. The lowest BCUT2D eigenvalue weighted by molar-refractivity contribution is -0.143. The molecule has 3 rings (SSSR count). The maximum atomic E-state index is 12.0. The zero-order valence-corrected chi connectivity index (χ0v) is 14.9. The molecule has 6 heteroatoms. The molecule has 26 heavy (non-hydrogen) atoms. The zero-order valence-electron chi connectivity index (χ0n) is 14.2. The lowest BCUT2D eigenvalue weighted by Crippen LogP contribution is -2.30. The molecular formula is C20H17ClN2O3. The summed E-state index contributed by atoms with van der Waals surface area (Å²) in [5.41, 5.74) is 2.86. The first-order chi connectivity index (χ1) is 12.5. The van der Waals surface area contributed by atoms with Gasteiger partial charge in [0.1, 0.15) is 18.3 Å². The Bertz CT molecular complexity index is 972.